The van der Waals surface area contributed by atoms with Crippen LogP contribution in [0, 0.1) is 5.92 Å². The lowest BCUT2D eigenvalue weighted by atomic mass is 10.1. The Labute approximate surface area is 137 Å². The predicted octanol–water partition coefficient (Wildman–Crippen LogP) is 2.10. The van der Waals surface area contributed by atoms with Crippen molar-refractivity contribution in [3.63, 3.8) is 0 Å². The quantitative estimate of drug-likeness (QED) is 0.716. The minimum absolute atomic E-state index is 0.0407. The summed E-state index contributed by atoms with van der Waals surface area (Å²) in [5.74, 6) is 1.92. The number of benzene rings is 1. The zero-order chi connectivity index (χ0) is 16.8. The third-order valence-electron chi connectivity index (χ3n) is 4.07. The fraction of sp³-hybridized carbons (Fsp3) is 0.588. The van der Waals surface area contributed by atoms with Crippen LogP contribution in [0.25, 0.3) is 0 Å². The van der Waals surface area contributed by atoms with Crippen LogP contribution in [-0.2, 0) is 16.1 Å². The van der Waals surface area contributed by atoms with Crippen molar-refractivity contribution >= 4 is 5.97 Å². The molecule has 0 N–H and O–H groups in total. The highest BCUT2D eigenvalue weighted by Gasteiger charge is 2.29. The van der Waals surface area contributed by atoms with E-state index in [9.17, 15) is 4.79 Å². The van der Waals surface area contributed by atoms with Gasteiger partial charge in [-0.15, -0.1) is 0 Å². The zero-order valence-electron chi connectivity index (χ0n) is 14.3. The molecule has 0 saturated carbocycles. The first-order valence-corrected chi connectivity index (χ1v) is 7.80. The van der Waals surface area contributed by atoms with Crippen molar-refractivity contribution in [1.29, 1.82) is 0 Å². The molecular formula is C17H25NO5. The summed E-state index contributed by atoms with van der Waals surface area (Å²) >= 11 is 0. The summed E-state index contributed by atoms with van der Waals surface area (Å²) in [4.78, 5) is 14.1. The Morgan fingerprint density at radius 3 is 2.39 bits per heavy atom. The van der Waals surface area contributed by atoms with Crippen molar-refractivity contribution < 1.29 is 23.7 Å². The monoisotopic (exact) mass is 323 g/mol. The molecule has 128 valence electrons. The second-order valence-corrected chi connectivity index (χ2v) is 5.49. The highest BCUT2D eigenvalue weighted by atomic mass is 16.5. The zero-order valence-corrected chi connectivity index (χ0v) is 14.3. The van der Waals surface area contributed by atoms with Crippen LogP contribution in [0.3, 0.4) is 0 Å². The Morgan fingerprint density at radius 2 is 1.78 bits per heavy atom. The average Bonchev–Trinajstić information content (AvgIpc) is 3.03. The molecule has 2 rings (SSSR count). The normalized spacial score (nSPS) is 17.8. The van der Waals surface area contributed by atoms with Crippen LogP contribution in [0.4, 0.5) is 0 Å². The Kier molecular flexibility index (Phi) is 6.10. The first kappa shape index (κ1) is 17.4. The van der Waals surface area contributed by atoms with Crippen molar-refractivity contribution in [2.75, 3.05) is 41.0 Å². The first-order chi connectivity index (χ1) is 11.1. The van der Waals surface area contributed by atoms with Crippen LogP contribution in [0.5, 0.6) is 17.2 Å². The molecule has 0 aliphatic carbocycles. The van der Waals surface area contributed by atoms with E-state index in [0.29, 0.717) is 31.2 Å². The van der Waals surface area contributed by atoms with Gasteiger partial charge in [-0.05, 0) is 26.0 Å². The second kappa shape index (κ2) is 8.06. The Bertz CT molecular complexity index is 546. The molecule has 0 amide bonds. The standard InChI is InChI=1S/C17H25NO5/c1-5-23-17(19)12-6-7-18(10-12)11-13-8-15(21-3)16(22-4)9-14(13)20-2/h8-9,12H,5-7,10-11H2,1-4H3. The molecule has 0 aromatic heterocycles. The number of hydrogen-bond donors (Lipinski definition) is 0. The van der Waals surface area contributed by atoms with Gasteiger partial charge < -0.3 is 18.9 Å². The van der Waals surface area contributed by atoms with Gasteiger partial charge in [0.05, 0.1) is 33.9 Å². The summed E-state index contributed by atoms with van der Waals surface area (Å²) in [6.07, 6.45) is 0.828. The number of carbonyl (C=O) groups is 1. The van der Waals surface area contributed by atoms with E-state index in [1.54, 1.807) is 21.3 Å². The minimum Gasteiger partial charge on any atom is -0.496 e. The van der Waals surface area contributed by atoms with Crippen LogP contribution in [0.1, 0.15) is 18.9 Å². The molecule has 1 fully saturated rings. The molecule has 1 aliphatic heterocycles. The van der Waals surface area contributed by atoms with Crippen LogP contribution in [-0.4, -0.2) is 51.9 Å². The SMILES string of the molecule is CCOC(=O)C1CCN(Cc2cc(OC)c(OC)cc2OC)C1. The molecule has 0 bridgehead atoms. The first-order valence-electron chi connectivity index (χ1n) is 7.80. The van der Waals surface area contributed by atoms with Crippen molar-refractivity contribution in [3.8, 4) is 17.2 Å². The molecular weight excluding hydrogens is 298 g/mol. The molecule has 1 aromatic rings. The van der Waals surface area contributed by atoms with Gasteiger partial charge in [0, 0.05) is 24.7 Å². The second-order valence-electron chi connectivity index (χ2n) is 5.49. The van der Waals surface area contributed by atoms with Gasteiger partial charge in [-0.3, -0.25) is 9.69 Å². The molecule has 23 heavy (non-hydrogen) atoms. The number of hydrogen-bond acceptors (Lipinski definition) is 6. The Balaban J connectivity index is 2.09. The topological polar surface area (TPSA) is 57.2 Å². The number of esters is 1. The van der Waals surface area contributed by atoms with Gasteiger partial charge >= 0.3 is 5.97 Å². The van der Waals surface area contributed by atoms with Crippen LogP contribution in [0.2, 0.25) is 0 Å². The van der Waals surface area contributed by atoms with E-state index in [4.69, 9.17) is 18.9 Å². The van der Waals surface area contributed by atoms with E-state index in [2.05, 4.69) is 4.90 Å². The molecule has 0 spiro atoms. The Hall–Kier alpha value is -1.95. The number of ether oxygens (including phenoxy) is 4. The van der Waals surface area contributed by atoms with Crippen molar-refractivity contribution in [1.82, 2.24) is 4.90 Å². The lowest BCUT2D eigenvalue weighted by Crippen LogP contribution is -2.24. The van der Waals surface area contributed by atoms with Crippen LogP contribution < -0.4 is 14.2 Å². The maximum Gasteiger partial charge on any atom is 0.310 e. The van der Waals surface area contributed by atoms with E-state index in [1.165, 1.54) is 0 Å². The number of carbonyl (C=O) groups excluding carboxylic acids is 1. The number of nitrogens with zero attached hydrogens (tertiary/aromatic N) is 1. The lowest BCUT2D eigenvalue weighted by Gasteiger charge is -2.19. The molecule has 1 atom stereocenters. The maximum absolute atomic E-state index is 11.8. The number of rotatable bonds is 7. The summed E-state index contributed by atoms with van der Waals surface area (Å²) < 4.78 is 21.2. The molecule has 1 saturated heterocycles. The summed E-state index contributed by atoms with van der Waals surface area (Å²) in [7, 11) is 4.85. The molecule has 6 heteroatoms. The summed E-state index contributed by atoms with van der Waals surface area (Å²) in [6.45, 7) is 4.52. The fourth-order valence-corrected chi connectivity index (χ4v) is 2.89. The van der Waals surface area contributed by atoms with E-state index >= 15 is 0 Å². The van der Waals surface area contributed by atoms with Gasteiger partial charge in [-0.2, -0.15) is 0 Å². The number of methoxy groups -OCH3 is 3. The molecule has 1 aliphatic rings. The third kappa shape index (κ3) is 4.07. The summed E-state index contributed by atoms with van der Waals surface area (Å²) in [5.41, 5.74) is 1.01. The third-order valence-corrected chi connectivity index (χ3v) is 4.07. The van der Waals surface area contributed by atoms with Gasteiger partial charge in [0.25, 0.3) is 0 Å². The van der Waals surface area contributed by atoms with Gasteiger partial charge in [0.2, 0.25) is 0 Å². The smallest absolute Gasteiger partial charge is 0.310 e. The minimum atomic E-state index is -0.103. The molecule has 6 nitrogen and oxygen atoms in total. The van der Waals surface area contributed by atoms with Crippen molar-refractivity contribution in [3.05, 3.63) is 17.7 Å². The average molecular weight is 323 g/mol. The van der Waals surface area contributed by atoms with E-state index in [-0.39, 0.29) is 11.9 Å². The molecule has 1 heterocycles. The van der Waals surface area contributed by atoms with Gasteiger partial charge in [-0.1, -0.05) is 0 Å². The molecule has 0 radical (unpaired) electrons. The number of likely N-dealkylation sites (tertiary alicyclic amines) is 1. The lowest BCUT2D eigenvalue weighted by molar-refractivity contribution is -0.147. The van der Waals surface area contributed by atoms with Gasteiger partial charge in [-0.25, -0.2) is 0 Å². The Morgan fingerprint density at radius 1 is 1.13 bits per heavy atom. The predicted molar refractivity (Wildman–Crippen MR) is 86.1 cm³/mol. The van der Waals surface area contributed by atoms with E-state index < -0.39 is 0 Å². The molecule has 1 unspecified atom stereocenters. The fourth-order valence-electron chi connectivity index (χ4n) is 2.89. The highest BCUT2D eigenvalue weighted by molar-refractivity contribution is 5.73. The van der Waals surface area contributed by atoms with Crippen molar-refractivity contribution in [2.24, 2.45) is 5.92 Å². The highest BCUT2D eigenvalue weighted by Crippen LogP contribution is 2.35. The van der Waals surface area contributed by atoms with Gasteiger partial charge in [0.15, 0.2) is 11.5 Å². The van der Waals surface area contributed by atoms with Crippen LogP contribution in [0.15, 0.2) is 12.1 Å². The van der Waals surface area contributed by atoms with Crippen LogP contribution >= 0.6 is 0 Å². The van der Waals surface area contributed by atoms with E-state index in [1.807, 2.05) is 19.1 Å². The molecule has 1 aromatic carbocycles. The van der Waals surface area contributed by atoms with Gasteiger partial charge in [0.1, 0.15) is 5.75 Å². The van der Waals surface area contributed by atoms with Crippen molar-refractivity contribution in [2.45, 2.75) is 19.9 Å². The summed E-state index contributed by atoms with van der Waals surface area (Å²) in [5, 5.41) is 0. The maximum atomic E-state index is 11.8. The summed E-state index contributed by atoms with van der Waals surface area (Å²) in [6, 6.07) is 3.75. The largest absolute Gasteiger partial charge is 0.496 e. The van der Waals surface area contributed by atoms with E-state index in [0.717, 1.165) is 24.3 Å².